The summed E-state index contributed by atoms with van der Waals surface area (Å²) in [5.41, 5.74) is 6.49. The normalized spacial score (nSPS) is 10.6. The molecule has 0 aliphatic carbocycles. The third kappa shape index (κ3) is 4.91. The monoisotopic (exact) mass is 264 g/mol. The first-order valence-electron chi connectivity index (χ1n) is 6.71. The molecule has 4 nitrogen and oxygen atoms in total. The van der Waals surface area contributed by atoms with Crippen LogP contribution in [0.15, 0.2) is 24.3 Å². The molecule has 0 spiro atoms. The van der Waals surface area contributed by atoms with E-state index >= 15 is 0 Å². The lowest BCUT2D eigenvalue weighted by Gasteiger charge is -2.26. The summed E-state index contributed by atoms with van der Waals surface area (Å²) in [4.78, 5) is 14.2. The molecule has 0 aliphatic rings. The summed E-state index contributed by atoms with van der Waals surface area (Å²) < 4.78 is 5.17. The lowest BCUT2D eigenvalue weighted by Crippen LogP contribution is -2.39. The van der Waals surface area contributed by atoms with Crippen molar-refractivity contribution in [2.45, 2.75) is 32.7 Å². The summed E-state index contributed by atoms with van der Waals surface area (Å²) in [5.74, 6) is 0.917. The Morgan fingerprint density at radius 3 is 2.74 bits per heavy atom. The molecule has 0 unspecified atom stereocenters. The van der Waals surface area contributed by atoms with Crippen molar-refractivity contribution in [2.75, 3.05) is 20.2 Å². The second-order valence-electron chi connectivity index (χ2n) is 4.85. The van der Waals surface area contributed by atoms with E-state index in [0.717, 1.165) is 24.3 Å². The van der Waals surface area contributed by atoms with Gasteiger partial charge in [0.25, 0.3) is 0 Å². The Labute approximate surface area is 115 Å². The van der Waals surface area contributed by atoms with Crippen molar-refractivity contribution in [1.29, 1.82) is 0 Å². The number of carbonyl (C=O) groups excluding carboxylic acids is 1. The van der Waals surface area contributed by atoms with Crippen LogP contribution in [0.25, 0.3) is 0 Å². The summed E-state index contributed by atoms with van der Waals surface area (Å²) in [7, 11) is 1.63. The van der Waals surface area contributed by atoms with Crippen LogP contribution in [0.5, 0.6) is 5.75 Å². The Morgan fingerprint density at radius 2 is 2.16 bits per heavy atom. The van der Waals surface area contributed by atoms with Gasteiger partial charge in [-0.25, -0.2) is 0 Å². The van der Waals surface area contributed by atoms with Gasteiger partial charge in [0.2, 0.25) is 5.91 Å². The van der Waals surface area contributed by atoms with Crippen LogP contribution in [0, 0.1) is 0 Å². The Kier molecular flexibility index (Phi) is 6.36. The van der Waals surface area contributed by atoms with Crippen LogP contribution in [-0.2, 0) is 11.2 Å². The largest absolute Gasteiger partial charge is 0.497 e. The van der Waals surface area contributed by atoms with Crippen LogP contribution < -0.4 is 10.5 Å². The fourth-order valence-electron chi connectivity index (χ4n) is 1.99. The topological polar surface area (TPSA) is 55.6 Å². The van der Waals surface area contributed by atoms with Gasteiger partial charge in [-0.2, -0.15) is 0 Å². The SMILES string of the molecule is COc1cccc(CC(=O)N(CCCN)C(C)C)c1. The number of carbonyl (C=O) groups is 1. The molecule has 0 bridgehead atoms. The van der Waals surface area contributed by atoms with Crippen LogP contribution in [-0.4, -0.2) is 37.0 Å². The minimum absolute atomic E-state index is 0.136. The van der Waals surface area contributed by atoms with Crippen LogP contribution in [0.3, 0.4) is 0 Å². The molecule has 0 radical (unpaired) electrons. The Hall–Kier alpha value is -1.55. The summed E-state index contributed by atoms with van der Waals surface area (Å²) >= 11 is 0. The van der Waals surface area contributed by atoms with Crippen molar-refractivity contribution in [3.8, 4) is 5.75 Å². The molecular weight excluding hydrogens is 240 g/mol. The first kappa shape index (κ1) is 15.5. The van der Waals surface area contributed by atoms with Crippen LogP contribution in [0.2, 0.25) is 0 Å². The molecule has 1 rings (SSSR count). The van der Waals surface area contributed by atoms with E-state index < -0.39 is 0 Å². The van der Waals surface area contributed by atoms with Crippen LogP contribution in [0.4, 0.5) is 0 Å². The predicted molar refractivity (Wildman–Crippen MR) is 77.2 cm³/mol. The Balaban J connectivity index is 2.69. The highest BCUT2D eigenvalue weighted by atomic mass is 16.5. The van der Waals surface area contributed by atoms with Crippen molar-refractivity contribution < 1.29 is 9.53 Å². The molecule has 0 atom stereocenters. The molecule has 0 fully saturated rings. The molecule has 106 valence electrons. The number of hydrogen-bond acceptors (Lipinski definition) is 3. The molecular formula is C15H24N2O2. The van der Waals surface area contributed by atoms with Gasteiger partial charge in [-0.3, -0.25) is 4.79 Å². The van der Waals surface area contributed by atoms with Gasteiger partial charge in [0.05, 0.1) is 13.5 Å². The quantitative estimate of drug-likeness (QED) is 0.817. The molecule has 0 heterocycles. The van der Waals surface area contributed by atoms with Crippen molar-refractivity contribution >= 4 is 5.91 Å². The molecule has 0 aromatic heterocycles. The zero-order chi connectivity index (χ0) is 14.3. The number of benzene rings is 1. The number of ether oxygens (including phenoxy) is 1. The molecule has 1 aromatic rings. The summed E-state index contributed by atoms with van der Waals surface area (Å²) in [5, 5.41) is 0. The van der Waals surface area contributed by atoms with Gasteiger partial charge in [0.1, 0.15) is 5.75 Å². The first-order valence-corrected chi connectivity index (χ1v) is 6.71. The van der Waals surface area contributed by atoms with Crippen molar-refractivity contribution in [3.05, 3.63) is 29.8 Å². The second-order valence-corrected chi connectivity index (χ2v) is 4.85. The standard InChI is InChI=1S/C15H24N2O2/c1-12(2)17(9-5-8-16)15(18)11-13-6-4-7-14(10-13)19-3/h4,6-7,10,12H,5,8-9,11,16H2,1-3H3. The van der Waals surface area contributed by atoms with Crippen LogP contribution in [0.1, 0.15) is 25.8 Å². The predicted octanol–water partition coefficient (Wildman–Crippen LogP) is 1.82. The van der Waals surface area contributed by atoms with E-state index in [1.54, 1.807) is 7.11 Å². The van der Waals surface area contributed by atoms with Crippen molar-refractivity contribution in [3.63, 3.8) is 0 Å². The summed E-state index contributed by atoms with van der Waals surface area (Å²) in [6.45, 7) is 5.38. The van der Waals surface area contributed by atoms with E-state index in [1.807, 2.05) is 43.0 Å². The third-order valence-corrected chi connectivity index (χ3v) is 3.04. The van der Waals surface area contributed by atoms with Gasteiger partial charge in [-0.15, -0.1) is 0 Å². The minimum atomic E-state index is 0.136. The maximum absolute atomic E-state index is 12.3. The number of methoxy groups -OCH3 is 1. The molecule has 0 saturated carbocycles. The molecule has 2 N–H and O–H groups in total. The Bertz CT molecular complexity index is 405. The highest BCUT2D eigenvalue weighted by molar-refractivity contribution is 5.79. The smallest absolute Gasteiger partial charge is 0.227 e. The number of amides is 1. The summed E-state index contributed by atoms with van der Waals surface area (Å²) in [6.07, 6.45) is 1.24. The van der Waals surface area contributed by atoms with Gasteiger partial charge in [0.15, 0.2) is 0 Å². The average Bonchev–Trinajstić information content (AvgIpc) is 2.39. The zero-order valence-electron chi connectivity index (χ0n) is 12.1. The zero-order valence-corrected chi connectivity index (χ0v) is 12.1. The first-order chi connectivity index (χ1) is 9.08. The van der Waals surface area contributed by atoms with Crippen molar-refractivity contribution in [2.24, 2.45) is 5.73 Å². The van der Waals surface area contributed by atoms with Crippen molar-refractivity contribution in [1.82, 2.24) is 4.90 Å². The maximum Gasteiger partial charge on any atom is 0.227 e. The van der Waals surface area contributed by atoms with E-state index in [2.05, 4.69) is 0 Å². The lowest BCUT2D eigenvalue weighted by atomic mass is 10.1. The van der Waals surface area contributed by atoms with E-state index in [9.17, 15) is 4.79 Å². The molecule has 0 aliphatic heterocycles. The van der Waals surface area contributed by atoms with Gasteiger partial charge in [-0.1, -0.05) is 12.1 Å². The van der Waals surface area contributed by atoms with Gasteiger partial charge >= 0.3 is 0 Å². The number of rotatable bonds is 7. The number of nitrogens with two attached hydrogens (primary N) is 1. The number of hydrogen-bond donors (Lipinski definition) is 1. The highest BCUT2D eigenvalue weighted by Crippen LogP contribution is 2.14. The molecule has 0 saturated heterocycles. The Morgan fingerprint density at radius 1 is 1.42 bits per heavy atom. The maximum atomic E-state index is 12.3. The molecule has 1 amide bonds. The van der Waals surface area contributed by atoms with Crippen LogP contribution >= 0.6 is 0 Å². The molecule has 19 heavy (non-hydrogen) atoms. The van der Waals surface area contributed by atoms with E-state index in [1.165, 1.54) is 0 Å². The van der Waals surface area contributed by atoms with Gasteiger partial charge in [0, 0.05) is 12.6 Å². The average molecular weight is 264 g/mol. The third-order valence-electron chi connectivity index (χ3n) is 3.04. The second kappa shape index (κ2) is 7.79. The van der Waals surface area contributed by atoms with E-state index in [-0.39, 0.29) is 11.9 Å². The fourth-order valence-corrected chi connectivity index (χ4v) is 1.99. The van der Waals surface area contributed by atoms with E-state index in [0.29, 0.717) is 13.0 Å². The van der Waals surface area contributed by atoms with E-state index in [4.69, 9.17) is 10.5 Å². The minimum Gasteiger partial charge on any atom is -0.497 e. The van der Waals surface area contributed by atoms with Gasteiger partial charge in [-0.05, 0) is 44.5 Å². The summed E-state index contributed by atoms with van der Waals surface area (Å²) in [6, 6.07) is 7.83. The molecule has 1 aromatic carbocycles. The lowest BCUT2D eigenvalue weighted by molar-refractivity contribution is -0.132. The van der Waals surface area contributed by atoms with Gasteiger partial charge < -0.3 is 15.4 Å². The molecule has 4 heteroatoms. The highest BCUT2D eigenvalue weighted by Gasteiger charge is 2.16. The number of nitrogens with zero attached hydrogens (tertiary/aromatic N) is 1. The fraction of sp³-hybridized carbons (Fsp3) is 0.533.